The van der Waals surface area contributed by atoms with Crippen molar-refractivity contribution in [2.24, 2.45) is 5.41 Å². The highest BCUT2D eigenvalue weighted by Crippen LogP contribution is 2.42. The highest BCUT2D eigenvalue weighted by Gasteiger charge is 2.39. The molecule has 0 spiro atoms. The van der Waals surface area contributed by atoms with E-state index in [2.05, 4.69) is 38.6 Å². The van der Waals surface area contributed by atoms with Crippen molar-refractivity contribution in [3.8, 4) is 0 Å². The molecule has 0 saturated carbocycles. The predicted molar refractivity (Wildman–Crippen MR) is 151 cm³/mol. The molecule has 0 radical (unpaired) electrons. The summed E-state index contributed by atoms with van der Waals surface area (Å²) in [6.45, 7) is 20.5. The Morgan fingerprint density at radius 1 is 1.00 bits per heavy atom. The van der Waals surface area contributed by atoms with E-state index in [1.165, 1.54) is 0 Å². The van der Waals surface area contributed by atoms with Crippen LogP contribution in [0.15, 0.2) is 53.6 Å². The van der Waals surface area contributed by atoms with Gasteiger partial charge in [0.05, 0.1) is 22.2 Å². The van der Waals surface area contributed by atoms with Crippen molar-refractivity contribution in [3.05, 3.63) is 59.8 Å². The molecular formula is C28H40N2O4SSi. The first-order valence-corrected chi connectivity index (χ1v) is 16.7. The van der Waals surface area contributed by atoms with E-state index in [0.717, 1.165) is 16.5 Å². The van der Waals surface area contributed by atoms with E-state index < -0.39 is 23.8 Å². The molecule has 1 atom stereocenters. The molecule has 6 nitrogen and oxygen atoms in total. The lowest BCUT2D eigenvalue weighted by Crippen LogP contribution is -2.41. The number of benzene rings is 2. The number of carbonyl (C=O) groups is 1. The van der Waals surface area contributed by atoms with Gasteiger partial charge in [0.2, 0.25) is 5.91 Å². The number of rotatable bonds is 6. The van der Waals surface area contributed by atoms with E-state index in [1.807, 2.05) is 52.9 Å². The molecule has 3 aromatic rings. The summed E-state index contributed by atoms with van der Waals surface area (Å²) in [6, 6.07) is 12.1. The molecule has 0 fully saturated rings. The average molecular weight is 529 g/mol. The Kier molecular flexibility index (Phi) is 7.40. The number of aromatic nitrogens is 1. The maximum atomic E-state index is 13.5. The Balaban J connectivity index is 2.19. The second-order valence-electron chi connectivity index (χ2n) is 12.2. The van der Waals surface area contributed by atoms with E-state index in [0.29, 0.717) is 11.2 Å². The van der Waals surface area contributed by atoms with E-state index >= 15 is 0 Å². The zero-order valence-electron chi connectivity index (χ0n) is 23.2. The van der Waals surface area contributed by atoms with Gasteiger partial charge in [-0.3, -0.25) is 14.1 Å². The quantitative estimate of drug-likeness (QED) is 0.336. The van der Waals surface area contributed by atoms with E-state index in [1.54, 1.807) is 34.9 Å². The van der Waals surface area contributed by atoms with Gasteiger partial charge in [-0.15, -0.1) is 0 Å². The van der Waals surface area contributed by atoms with Gasteiger partial charge in [-0.1, -0.05) is 71.4 Å². The van der Waals surface area contributed by atoms with Gasteiger partial charge >= 0.3 is 0 Å². The molecule has 36 heavy (non-hydrogen) atoms. The first kappa shape index (κ1) is 28.2. The number of nitrogens with zero attached hydrogens (tertiary/aromatic N) is 1. The number of fused-ring (bicyclic) bond motifs is 1. The lowest BCUT2D eigenvalue weighted by atomic mass is 9.95. The Labute approximate surface area is 217 Å². The molecule has 0 aliphatic rings. The lowest BCUT2D eigenvalue weighted by molar-refractivity contribution is 0.0772. The second kappa shape index (κ2) is 9.47. The van der Waals surface area contributed by atoms with Crippen LogP contribution in [0.4, 0.5) is 5.69 Å². The maximum Gasteiger partial charge on any atom is 0.261 e. The van der Waals surface area contributed by atoms with Crippen LogP contribution in [0.3, 0.4) is 0 Å². The van der Waals surface area contributed by atoms with Crippen LogP contribution in [0.5, 0.6) is 0 Å². The SMILES string of the molecule is Cc1ccc(S(=O)(=O)Nc2cccc3c(C(C)O[Si](C)(C)C(C)(C)C)cn(C(=O)C(C)(C)C)c23)cc1. The second-order valence-corrected chi connectivity index (χ2v) is 18.6. The minimum atomic E-state index is -3.86. The van der Waals surface area contributed by atoms with Gasteiger partial charge in [0.25, 0.3) is 10.0 Å². The molecule has 1 heterocycles. The summed E-state index contributed by atoms with van der Waals surface area (Å²) < 4.78 is 37.5. The highest BCUT2D eigenvalue weighted by molar-refractivity contribution is 7.92. The van der Waals surface area contributed by atoms with E-state index in [9.17, 15) is 13.2 Å². The Morgan fingerprint density at radius 3 is 2.11 bits per heavy atom. The largest absolute Gasteiger partial charge is 0.410 e. The number of sulfonamides is 1. The van der Waals surface area contributed by atoms with Crippen LogP contribution in [0.2, 0.25) is 18.1 Å². The molecule has 196 valence electrons. The first-order valence-electron chi connectivity index (χ1n) is 12.3. The normalized spacial score (nSPS) is 14.2. The number of carbonyl (C=O) groups excluding carboxylic acids is 1. The van der Waals surface area contributed by atoms with Crippen molar-refractivity contribution < 1.29 is 17.6 Å². The Hall–Kier alpha value is -2.42. The monoisotopic (exact) mass is 528 g/mol. The van der Waals surface area contributed by atoms with Crippen molar-refractivity contribution in [3.63, 3.8) is 0 Å². The van der Waals surface area contributed by atoms with Gasteiger partial charge in [0, 0.05) is 22.6 Å². The third-order valence-corrected chi connectivity index (χ3v) is 12.9. The molecule has 3 rings (SSSR count). The predicted octanol–water partition coefficient (Wildman–Crippen LogP) is 7.52. The summed E-state index contributed by atoms with van der Waals surface area (Å²) in [4.78, 5) is 13.7. The molecule has 0 aliphatic carbocycles. The topological polar surface area (TPSA) is 77.4 Å². The van der Waals surface area contributed by atoms with Gasteiger partial charge < -0.3 is 4.43 Å². The van der Waals surface area contributed by atoms with Crippen LogP contribution in [-0.4, -0.2) is 27.2 Å². The summed E-state index contributed by atoms with van der Waals surface area (Å²) in [5, 5.41) is 0.818. The molecule has 0 saturated heterocycles. The molecule has 0 aliphatic heterocycles. The molecule has 1 N–H and O–H groups in total. The van der Waals surface area contributed by atoms with Crippen LogP contribution in [0.25, 0.3) is 10.9 Å². The zero-order chi connectivity index (χ0) is 27.3. The van der Waals surface area contributed by atoms with Gasteiger partial charge in [0.15, 0.2) is 8.32 Å². The van der Waals surface area contributed by atoms with E-state index in [4.69, 9.17) is 4.43 Å². The third kappa shape index (κ3) is 5.60. The Morgan fingerprint density at radius 2 is 1.58 bits per heavy atom. The lowest BCUT2D eigenvalue weighted by Gasteiger charge is -2.38. The molecule has 8 heteroatoms. The summed E-state index contributed by atoms with van der Waals surface area (Å²) in [6.07, 6.45) is 1.55. The third-order valence-electron chi connectivity index (χ3n) is 7.01. The number of hydrogen-bond acceptors (Lipinski definition) is 4. The van der Waals surface area contributed by atoms with Gasteiger partial charge in [-0.25, -0.2) is 8.42 Å². The standard InChI is InChI=1S/C28H40N2O4SSi/c1-19-14-16-21(17-15-19)35(32,33)29-24-13-11-12-22-23(20(2)34-36(9,10)28(6,7)8)18-30(25(22)24)26(31)27(3,4)5/h11-18,20,29H,1-10H3. The summed E-state index contributed by atoms with van der Waals surface area (Å²) >= 11 is 0. The fourth-order valence-electron chi connectivity index (χ4n) is 3.84. The highest BCUT2D eigenvalue weighted by atomic mass is 32.2. The van der Waals surface area contributed by atoms with Crippen LogP contribution < -0.4 is 4.72 Å². The minimum absolute atomic E-state index is 0.0235. The van der Waals surface area contributed by atoms with Crippen molar-refractivity contribution in [2.45, 2.75) is 84.5 Å². The molecule has 0 bridgehead atoms. The van der Waals surface area contributed by atoms with Gasteiger partial charge in [-0.2, -0.15) is 0 Å². The fraction of sp³-hybridized carbons (Fsp3) is 0.464. The van der Waals surface area contributed by atoms with Crippen LogP contribution in [0, 0.1) is 12.3 Å². The number of anilines is 1. The number of para-hydroxylation sites is 1. The molecule has 2 aromatic carbocycles. The van der Waals surface area contributed by atoms with Crippen molar-refractivity contribution in [2.75, 3.05) is 4.72 Å². The first-order chi connectivity index (χ1) is 16.3. The van der Waals surface area contributed by atoms with Crippen LogP contribution in [-0.2, 0) is 14.4 Å². The molecular weight excluding hydrogens is 488 g/mol. The average Bonchev–Trinajstić information content (AvgIpc) is 3.12. The molecule has 1 unspecified atom stereocenters. The zero-order valence-corrected chi connectivity index (χ0v) is 25.0. The van der Waals surface area contributed by atoms with Crippen molar-refractivity contribution >= 4 is 40.8 Å². The van der Waals surface area contributed by atoms with Crippen molar-refractivity contribution in [1.82, 2.24) is 4.57 Å². The van der Waals surface area contributed by atoms with Crippen LogP contribution >= 0.6 is 0 Å². The summed E-state index contributed by atoms with van der Waals surface area (Å²) in [5.74, 6) is -0.125. The van der Waals surface area contributed by atoms with E-state index in [-0.39, 0.29) is 21.9 Å². The number of aryl methyl sites for hydroxylation is 1. The molecule has 0 amide bonds. The maximum absolute atomic E-state index is 13.5. The summed E-state index contributed by atoms with van der Waals surface area (Å²) in [7, 11) is -5.96. The fourth-order valence-corrected chi connectivity index (χ4v) is 6.27. The number of hydrogen-bond donors (Lipinski definition) is 1. The minimum Gasteiger partial charge on any atom is -0.410 e. The van der Waals surface area contributed by atoms with Gasteiger partial charge in [-0.05, 0) is 50.2 Å². The number of nitrogens with one attached hydrogen (secondary N) is 1. The molecule has 1 aromatic heterocycles. The van der Waals surface area contributed by atoms with Gasteiger partial charge in [0.1, 0.15) is 0 Å². The summed E-state index contributed by atoms with van der Waals surface area (Å²) in [5.41, 5.74) is 2.06. The smallest absolute Gasteiger partial charge is 0.261 e. The van der Waals surface area contributed by atoms with Crippen LogP contribution in [0.1, 0.15) is 70.5 Å². The van der Waals surface area contributed by atoms with Crippen molar-refractivity contribution in [1.29, 1.82) is 0 Å². The Bertz CT molecular complexity index is 1380.